The van der Waals surface area contributed by atoms with Gasteiger partial charge in [0.1, 0.15) is 5.75 Å². The molecule has 1 atom stereocenters. The average molecular weight is 412 g/mol. The third-order valence-electron chi connectivity index (χ3n) is 4.45. The van der Waals surface area contributed by atoms with Crippen molar-refractivity contribution >= 4 is 34.7 Å². The van der Waals surface area contributed by atoms with Gasteiger partial charge < -0.3 is 4.74 Å². The molecular formula is C21H20N2O5S. The Bertz CT molecular complexity index is 954. The van der Waals surface area contributed by atoms with Crippen LogP contribution in [0, 0.1) is 10.1 Å². The summed E-state index contributed by atoms with van der Waals surface area (Å²) in [4.78, 5) is 36.6. The van der Waals surface area contributed by atoms with Crippen LogP contribution in [0.4, 0.5) is 10.5 Å². The van der Waals surface area contributed by atoms with Crippen molar-refractivity contribution in [3.63, 3.8) is 0 Å². The molecule has 1 unspecified atom stereocenters. The smallest absolute Gasteiger partial charge is 0.293 e. The Balaban J connectivity index is 1.70. The Kier molecular flexibility index (Phi) is 6.33. The minimum Gasteiger partial charge on any atom is -0.491 e. The fourth-order valence-corrected chi connectivity index (χ4v) is 3.49. The molecular weight excluding hydrogens is 392 g/mol. The lowest BCUT2D eigenvalue weighted by Crippen LogP contribution is -2.27. The van der Waals surface area contributed by atoms with E-state index in [1.807, 2.05) is 38.1 Å². The number of imide groups is 1. The monoisotopic (exact) mass is 412 g/mol. The fourth-order valence-electron chi connectivity index (χ4n) is 2.65. The second-order valence-corrected chi connectivity index (χ2v) is 7.59. The number of thioether (sulfide) groups is 1. The molecule has 0 aliphatic carbocycles. The van der Waals surface area contributed by atoms with E-state index in [0.29, 0.717) is 10.5 Å². The number of rotatable bonds is 7. The summed E-state index contributed by atoms with van der Waals surface area (Å²) in [5.74, 6) is 0.376. The van der Waals surface area contributed by atoms with Gasteiger partial charge in [0.2, 0.25) is 0 Å². The van der Waals surface area contributed by atoms with Crippen molar-refractivity contribution < 1.29 is 19.2 Å². The molecule has 29 heavy (non-hydrogen) atoms. The molecule has 0 saturated carbocycles. The molecule has 1 heterocycles. The van der Waals surface area contributed by atoms with Crippen molar-refractivity contribution in [2.24, 2.45) is 0 Å². The molecule has 1 aliphatic rings. The number of hydrogen-bond acceptors (Lipinski definition) is 6. The van der Waals surface area contributed by atoms with Crippen molar-refractivity contribution in [2.45, 2.75) is 32.9 Å². The Hall–Kier alpha value is -3.13. The first-order valence-corrected chi connectivity index (χ1v) is 9.94. The molecule has 1 aliphatic heterocycles. The van der Waals surface area contributed by atoms with Crippen LogP contribution in [0.2, 0.25) is 0 Å². The van der Waals surface area contributed by atoms with Crippen LogP contribution >= 0.6 is 11.8 Å². The number of nitro groups is 1. The molecule has 1 fully saturated rings. The van der Waals surface area contributed by atoms with Gasteiger partial charge in [0, 0.05) is 12.1 Å². The summed E-state index contributed by atoms with van der Waals surface area (Å²) in [6.07, 6.45) is 2.70. The van der Waals surface area contributed by atoms with Gasteiger partial charge in [-0.05, 0) is 54.4 Å². The molecule has 0 N–H and O–H groups in total. The maximum atomic E-state index is 12.6. The lowest BCUT2D eigenvalue weighted by Gasteiger charge is -2.12. The van der Waals surface area contributed by atoms with E-state index < -0.39 is 4.92 Å². The molecule has 0 bridgehead atoms. The molecule has 2 aromatic carbocycles. The highest BCUT2D eigenvalue weighted by Crippen LogP contribution is 2.33. The number of non-ortho nitro benzene ring substituents is 1. The van der Waals surface area contributed by atoms with Gasteiger partial charge in [-0.3, -0.25) is 24.6 Å². The number of ether oxygens (including phenoxy) is 1. The summed E-state index contributed by atoms with van der Waals surface area (Å²) < 4.78 is 5.74. The van der Waals surface area contributed by atoms with Crippen molar-refractivity contribution in [1.82, 2.24) is 4.90 Å². The van der Waals surface area contributed by atoms with Crippen LogP contribution in [0.1, 0.15) is 31.4 Å². The van der Waals surface area contributed by atoms with Gasteiger partial charge >= 0.3 is 0 Å². The van der Waals surface area contributed by atoms with Gasteiger partial charge in [0.05, 0.1) is 22.5 Å². The fraction of sp³-hybridized carbons (Fsp3) is 0.238. The number of benzene rings is 2. The molecule has 7 nitrogen and oxygen atoms in total. The molecule has 2 aromatic rings. The minimum absolute atomic E-state index is 0.0384. The van der Waals surface area contributed by atoms with E-state index in [-0.39, 0.29) is 29.5 Å². The number of amides is 2. The largest absolute Gasteiger partial charge is 0.491 e. The summed E-state index contributed by atoms with van der Waals surface area (Å²) in [6.45, 7) is 4.11. The van der Waals surface area contributed by atoms with Crippen LogP contribution in [-0.4, -0.2) is 27.1 Å². The van der Waals surface area contributed by atoms with Crippen molar-refractivity contribution in [3.05, 3.63) is 74.7 Å². The number of nitro benzene ring substituents is 1. The average Bonchev–Trinajstić information content (AvgIpc) is 2.97. The van der Waals surface area contributed by atoms with Gasteiger partial charge in [-0.2, -0.15) is 0 Å². The molecule has 1 saturated heterocycles. The number of nitrogens with zero attached hydrogens (tertiary/aromatic N) is 2. The quantitative estimate of drug-likeness (QED) is 0.361. The molecule has 8 heteroatoms. The predicted molar refractivity (Wildman–Crippen MR) is 111 cm³/mol. The SMILES string of the molecule is CCC(C)Oc1ccc(/C=C2\SC(=O)N(Cc3ccc([N+](=O)[O-])cc3)C2=O)cc1. The molecule has 3 rings (SSSR count). The Morgan fingerprint density at radius 3 is 2.38 bits per heavy atom. The highest BCUT2D eigenvalue weighted by Gasteiger charge is 2.35. The van der Waals surface area contributed by atoms with E-state index in [9.17, 15) is 19.7 Å². The maximum Gasteiger partial charge on any atom is 0.293 e. The van der Waals surface area contributed by atoms with Crippen LogP contribution in [-0.2, 0) is 11.3 Å². The first-order chi connectivity index (χ1) is 13.9. The zero-order valence-corrected chi connectivity index (χ0v) is 16.8. The zero-order valence-electron chi connectivity index (χ0n) is 16.0. The van der Waals surface area contributed by atoms with E-state index >= 15 is 0 Å². The van der Waals surface area contributed by atoms with Crippen LogP contribution < -0.4 is 4.74 Å². The Morgan fingerprint density at radius 2 is 1.79 bits per heavy atom. The molecule has 0 aromatic heterocycles. The van der Waals surface area contributed by atoms with Crippen molar-refractivity contribution in [3.8, 4) is 5.75 Å². The predicted octanol–water partition coefficient (Wildman–Crippen LogP) is 5.01. The summed E-state index contributed by atoms with van der Waals surface area (Å²) in [5.41, 5.74) is 1.40. The minimum atomic E-state index is -0.494. The summed E-state index contributed by atoms with van der Waals surface area (Å²) in [6, 6.07) is 13.1. The summed E-state index contributed by atoms with van der Waals surface area (Å²) >= 11 is 0.881. The number of carbonyl (C=O) groups excluding carboxylic acids is 2. The van der Waals surface area contributed by atoms with Gasteiger partial charge in [0.25, 0.3) is 16.8 Å². The maximum absolute atomic E-state index is 12.6. The third-order valence-corrected chi connectivity index (χ3v) is 5.36. The lowest BCUT2D eigenvalue weighted by molar-refractivity contribution is -0.384. The summed E-state index contributed by atoms with van der Waals surface area (Å²) in [5, 5.41) is 10.4. The normalized spacial score (nSPS) is 16.3. The number of hydrogen-bond donors (Lipinski definition) is 0. The number of carbonyl (C=O) groups is 2. The molecule has 0 radical (unpaired) electrons. The van der Waals surface area contributed by atoms with E-state index in [0.717, 1.165) is 34.4 Å². The van der Waals surface area contributed by atoms with Crippen molar-refractivity contribution in [2.75, 3.05) is 0 Å². The first-order valence-electron chi connectivity index (χ1n) is 9.12. The summed E-state index contributed by atoms with van der Waals surface area (Å²) in [7, 11) is 0. The van der Waals surface area contributed by atoms with E-state index in [2.05, 4.69) is 0 Å². The highest BCUT2D eigenvalue weighted by atomic mass is 32.2. The second kappa shape index (κ2) is 8.91. The van der Waals surface area contributed by atoms with Crippen LogP contribution in [0.5, 0.6) is 5.75 Å². The Labute approximate surface area is 172 Å². The van der Waals surface area contributed by atoms with Gasteiger partial charge in [-0.1, -0.05) is 31.2 Å². The van der Waals surface area contributed by atoms with Gasteiger partial charge in [-0.25, -0.2) is 0 Å². The Morgan fingerprint density at radius 1 is 1.14 bits per heavy atom. The molecule has 2 amide bonds. The van der Waals surface area contributed by atoms with Gasteiger partial charge in [-0.15, -0.1) is 0 Å². The first kappa shape index (κ1) is 20.6. The van der Waals surface area contributed by atoms with Gasteiger partial charge in [0.15, 0.2) is 0 Å². The highest BCUT2D eigenvalue weighted by molar-refractivity contribution is 8.18. The third kappa shape index (κ3) is 5.03. The second-order valence-electron chi connectivity index (χ2n) is 6.60. The van der Waals surface area contributed by atoms with Crippen molar-refractivity contribution in [1.29, 1.82) is 0 Å². The van der Waals surface area contributed by atoms with Crippen LogP contribution in [0.3, 0.4) is 0 Å². The van der Waals surface area contributed by atoms with Crippen LogP contribution in [0.25, 0.3) is 6.08 Å². The van der Waals surface area contributed by atoms with Crippen LogP contribution in [0.15, 0.2) is 53.4 Å². The van der Waals surface area contributed by atoms with E-state index in [4.69, 9.17) is 4.74 Å². The molecule has 150 valence electrons. The van der Waals surface area contributed by atoms with E-state index in [1.165, 1.54) is 12.1 Å². The molecule has 0 spiro atoms. The van der Waals surface area contributed by atoms with E-state index in [1.54, 1.807) is 18.2 Å². The standard InChI is InChI=1S/C21H20N2O5S/c1-3-14(2)28-18-10-6-15(7-11-18)12-19-20(24)22(21(25)29-19)13-16-4-8-17(9-5-16)23(26)27/h4-12,14H,3,13H2,1-2H3/b19-12-. The zero-order chi connectivity index (χ0) is 21.0. The topological polar surface area (TPSA) is 89.8 Å². The lowest BCUT2D eigenvalue weighted by atomic mass is 10.2.